The molecule has 0 bridgehead atoms. The van der Waals surface area contributed by atoms with Crippen molar-refractivity contribution < 1.29 is 28.5 Å². The number of methoxy groups -OCH3 is 3. The number of ketones is 1. The fourth-order valence-electron chi connectivity index (χ4n) is 5.00. The molecule has 8 nitrogen and oxygen atoms in total. The summed E-state index contributed by atoms with van der Waals surface area (Å²) < 4.78 is 22.9. The normalized spacial score (nSPS) is 27.2. The number of carbonyl (C=O) groups excluding carboxylic acids is 2. The van der Waals surface area contributed by atoms with E-state index in [0.29, 0.717) is 40.6 Å². The third-order valence-electron chi connectivity index (χ3n) is 6.49. The maximum Gasteiger partial charge on any atom is 0.296 e. The lowest BCUT2D eigenvalue weighted by molar-refractivity contribution is -0.135. The fraction of sp³-hybridized carbons (Fsp3) is 0.435. The van der Waals surface area contributed by atoms with Crippen LogP contribution in [0, 0.1) is 5.92 Å². The van der Waals surface area contributed by atoms with Gasteiger partial charge in [-0.1, -0.05) is 12.1 Å². The molecule has 0 saturated heterocycles. The second kappa shape index (κ2) is 8.22. The van der Waals surface area contributed by atoms with Crippen molar-refractivity contribution in [2.24, 2.45) is 5.92 Å². The van der Waals surface area contributed by atoms with Gasteiger partial charge in [0.25, 0.3) is 5.91 Å². The Morgan fingerprint density at radius 2 is 2.00 bits per heavy atom. The molecular formula is C23H24N2O6S. The van der Waals surface area contributed by atoms with Gasteiger partial charge in [-0.2, -0.15) is 0 Å². The van der Waals surface area contributed by atoms with Crippen LogP contribution in [0.5, 0.6) is 11.5 Å². The maximum atomic E-state index is 13.8. The average Bonchev–Trinajstić information content (AvgIpc) is 3.44. The summed E-state index contributed by atoms with van der Waals surface area (Å²) >= 11 is 1.33. The van der Waals surface area contributed by atoms with Crippen LogP contribution in [0.25, 0.3) is 0 Å². The number of ether oxygens (including phenoxy) is 4. The lowest BCUT2D eigenvalue weighted by Crippen LogP contribution is -2.43. The summed E-state index contributed by atoms with van der Waals surface area (Å²) in [6.45, 7) is 0. The molecule has 2 aliphatic heterocycles. The zero-order chi connectivity index (χ0) is 22.4. The van der Waals surface area contributed by atoms with Crippen LogP contribution in [-0.4, -0.2) is 50.2 Å². The Balaban J connectivity index is 1.66. The van der Waals surface area contributed by atoms with Gasteiger partial charge in [0.2, 0.25) is 0 Å². The molecule has 0 N–H and O–H groups in total. The first-order valence-electron chi connectivity index (χ1n) is 10.5. The quantitative estimate of drug-likeness (QED) is 0.682. The summed E-state index contributed by atoms with van der Waals surface area (Å²) in [7, 11) is 4.76. The Hall–Kier alpha value is -2.91. The molecule has 4 unspecified atom stereocenters. The van der Waals surface area contributed by atoms with Crippen molar-refractivity contribution in [2.45, 2.75) is 37.5 Å². The third kappa shape index (κ3) is 3.10. The summed E-state index contributed by atoms with van der Waals surface area (Å²) in [5, 5.41) is 2.29. The Morgan fingerprint density at radius 1 is 1.16 bits per heavy atom. The number of anilines is 1. The van der Waals surface area contributed by atoms with Gasteiger partial charge in [0.05, 0.1) is 31.8 Å². The highest BCUT2D eigenvalue weighted by atomic mass is 32.1. The summed E-state index contributed by atoms with van der Waals surface area (Å²) in [5.74, 6) is 0.389. The van der Waals surface area contributed by atoms with Gasteiger partial charge >= 0.3 is 0 Å². The number of Topliss-reactive ketones (excluding diaryl/α,β-unsaturated/α-hetero) is 1. The highest BCUT2D eigenvalue weighted by Crippen LogP contribution is 2.51. The monoisotopic (exact) mass is 456 g/mol. The number of aromatic nitrogens is 1. The number of hydrogen-bond donors (Lipinski definition) is 0. The molecule has 1 aliphatic carbocycles. The van der Waals surface area contributed by atoms with Crippen molar-refractivity contribution in [1.29, 1.82) is 0 Å². The summed E-state index contributed by atoms with van der Waals surface area (Å²) in [5.41, 5.74) is 1.02. The minimum Gasteiger partial charge on any atom is -0.493 e. The second-order valence-electron chi connectivity index (χ2n) is 8.02. The number of rotatable bonds is 5. The van der Waals surface area contributed by atoms with E-state index in [9.17, 15) is 9.59 Å². The molecule has 3 heterocycles. The van der Waals surface area contributed by atoms with E-state index in [1.807, 2.05) is 12.1 Å². The Bertz CT molecular complexity index is 1080. The Kier molecular flexibility index (Phi) is 5.38. The van der Waals surface area contributed by atoms with Crippen LogP contribution >= 0.6 is 11.3 Å². The van der Waals surface area contributed by atoms with E-state index in [1.165, 1.54) is 16.2 Å². The minimum absolute atomic E-state index is 0.0204. The van der Waals surface area contributed by atoms with Crippen molar-refractivity contribution in [3.05, 3.63) is 46.7 Å². The molecule has 1 amide bonds. The van der Waals surface area contributed by atoms with Crippen LogP contribution in [-0.2, 0) is 19.1 Å². The van der Waals surface area contributed by atoms with Crippen LogP contribution in [0.4, 0.5) is 5.13 Å². The SMILES string of the molecule is COc1cccc(C2C3=C(OC4CC(OC)CCC4C3=O)C(=O)N2c2nccs2)c1OC. The highest BCUT2D eigenvalue weighted by Gasteiger charge is 2.54. The number of hydrogen-bond acceptors (Lipinski definition) is 8. The summed E-state index contributed by atoms with van der Waals surface area (Å²) in [6, 6.07) is 4.74. The number of fused-ring (bicyclic) bond motifs is 1. The van der Waals surface area contributed by atoms with Gasteiger partial charge in [-0.25, -0.2) is 4.98 Å². The molecule has 1 aromatic carbocycles. The number of nitrogens with zero attached hydrogens (tertiary/aromatic N) is 2. The lowest BCUT2D eigenvalue weighted by atomic mass is 9.76. The van der Waals surface area contributed by atoms with Gasteiger partial charge in [0.15, 0.2) is 28.2 Å². The number of thiazole rings is 1. The zero-order valence-corrected chi connectivity index (χ0v) is 18.9. The van der Waals surface area contributed by atoms with E-state index in [2.05, 4.69) is 4.98 Å². The molecule has 3 aliphatic rings. The van der Waals surface area contributed by atoms with Crippen molar-refractivity contribution in [2.75, 3.05) is 26.2 Å². The van der Waals surface area contributed by atoms with Gasteiger partial charge in [0.1, 0.15) is 12.1 Å². The van der Waals surface area contributed by atoms with Crippen molar-refractivity contribution in [3.63, 3.8) is 0 Å². The first kappa shape index (κ1) is 21.0. The molecule has 4 atom stereocenters. The van der Waals surface area contributed by atoms with Crippen molar-refractivity contribution in [3.8, 4) is 11.5 Å². The van der Waals surface area contributed by atoms with E-state index < -0.39 is 6.04 Å². The molecule has 2 aromatic rings. The summed E-state index contributed by atoms with van der Waals surface area (Å²) in [6.07, 6.45) is 3.32. The van der Waals surface area contributed by atoms with Gasteiger partial charge in [0, 0.05) is 30.7 Å². The van der Waals surface area contributed by atoms with E-state index >= 15 is 0 Å². The lowest BCUT2D eigenvalue weighted by Gasteiger charge is -2.38. The summed E-state index contributed by atoms with van der Waals surface area (Å²) in [4.78, 5) is 33.3. The third-order valence-corrected chi connectivity index (χ3v) is 7.26. The average molecular weight is 457 g/mol. The maximum absolute atomic E-state index is 13.8. The molecule has 0 radical (unpaired) electrons. The first-order chi connectivity index (χ1) is 15.6. The van der Waals surface area contributed by atoms with Crippen LogP contribution < -0.4 is 14.4 Å². The molecule has 1 saturated carbocycles. The van der Waals surface area contributed by atoms with E-state index in [1.54, 1.807) is 39.0 Å². The van der Waals surface area contributed by atoms with Gasteiger partial charge in [-0.15, -0.1) is 11.3 Å². The number of para-hydroxylation sites is 1. The van der Waals surface area contributed by atoms with Crippen LogP contribution in [0.3, 0.4) is 0 Å². The standard InChI is InChI=1S/C23H24N2O6S/c1-28-12-7-8-13-16(11-12)31-21-17(19(13)26)18(25(22(21)27)23-24-9-10-32-23)14-5-4-6-15(29-2)20(14)30-3/h4-6,9-10,12-13,16,18H,7-8,11H2,1-3H3. The van der Waals surface area contributed by atoms with Crippen LogP contribution in [0.2, 0.25) is 0 Å². The minimum atomic E-state index is -0.706. The van der Waals surface area contributed by atoms with Crippen molar-refractivity contribution >= 4 is 28.2 Å². The predicted molar refractivity (Wildman–Crippen MR) is 117 cm³/mol. The molecule has 9 heteroatoms. The molecule has 1 fully saturated rings. The number of amides is 1. The molecule has 168 valence electrons. The fourth-order valence-corrected chi connectivity index (χ4v) is 5.66. The topological polar surface area (TPSA) is 87.2 Å². The van der Waals surface area contributed by atoms with Gasteiger partial charge < -0.3 is 18.9 Å². The molecule has 1 aromatic heterocycles. The second-order valence-corrected chi connectivity index (χ2v) is 8.89. The van der Waals surface area contributed by atoms with Gasteiger partial charge in [-0.3, -0.25) is 14.5 Å². The van der Waals surface area contributed by atoms with Gasteiger partial charge in [-0.05, 0) is 18.9 Å². The van der Waals surface area contributed by atoms with E-state index in [0.717, 1.165) is 6.42 Å². The van der Waals surface area contributed by atoms with Crippen LogP contribution in [0.1, 0.15) is 30.9 Å². The Morgan fingerprint density at radius 3 is 2.69 bits per heavy atom. The largest absolute Gasteiger partial charge is 0.493 e. The predicted octanol–water partition coefficient (Wildman–Crippen LogP) is 3.29. The molecule has 5 rings (SSSR count). The highest BCUT2D eigenvalue weighted by molar-refractivity contribution is 7.13. The molecular weight excluding hydrogens is 432 g/mol. The Labute approximate surface area is 189 Å². The van der Waals surface area contributed by atoms with Crippen molar-refractivity contribution in [1.82, 2.24) is 4.98 Å². The number of carbonyl (C=O) groups is 2. The van der Waals surface area contributed by atoms with Crippen LogP contribution in [0.15, 0.2) is 41.1 Å². The zero-order valence-electron chi connectivity index (χ0n) is 18.1. The van der Waals surface area contributed by atoms with E-state index in [-0.39, 0.29) is 35.6 Å². The smallest absolute Gasteiger partial charge is 0.296 e. The number of benzene rings is 1. The van der Waals surface area contributed by atoms with E-state index in [4.69, 9.17) is 18.9 Å². The molecule has 0 spiro atoms. The first-order valence-corrected chi connectivity index (χ1v) is 11.4. The molecule has 32 heavy (non-hydrogen) atoms.